The van der Waals surface area contributed by atoms with Crippen LogP contribution in [0.15, 0.2) is 18.2 Å². The van der Waals surface area contributed by atoms with Gasteiger partial charge < -0.3 is 5.32 Å². The SMILES string of the molecule is [CH]CNC1Cc2ccc(Cl)cc2C1. The predicted molar refractivity (Wildman–Crippen MR) is 55.0 cm³/mol. The van der Waals surface area contributed by atoms with Gasteiger partial charge in [-0.25, -0.2) is 0 Å². The van der Waals surface area contributed by atoms with Crippen LogP contribution in [0.1, 0.15) is 11.1 Å². The van der Waals surface area contributed by atoms with Crippen LogP contribution in [0.5, 0.6) is 0 Å². The van der Waals surface area contributed by atoms with Crippen LogP contribution in [0.3, 0.4) is 0 Å². The molecule has 2 radical (unpaired) electrons. The lowest BCUT2D eigenvalue weighted by Crippen LogP contribution is -2.29. The molecule has 0 fully saturated rings. The third-order valence-corrected chi connectivity index (χ3v) is 2.74. The van der Waals surface area contributed by atoms with E-state index in [2.05, 4.69) is 17.4 Å². The maximum absolute atomic E-state index is 5.90. The summed E-state index contributed by atoms with van der Waals surface area (Å²) in [7, 11) is 0. The Morgan fingerprint density at radius 2 is 2.15 bits per heavy atom. The first-order valence-electron chi connectivity index (χ1n) is 4.50. The van der Waals surface area contributed by atoms with Crippen molar-refractivity contribution in [3.63, 3.8) is 0 Å². The van der Waals surface area contributed by atoms with Gasteiger partial charge in [-0.1, -0.05) is 17.7 Å². The summed E-state index contributed by atoms with van der Waals surface area (Å²) in [6.45, 7) is 5.98. The molecule has 1 nitrogen and oxygen atoms in total. The minimum Gasteiger partial charge on any atom is -0.313 e. The molecule has 13 heavy (non-hydrogen) atoms. The molecule has 2 rings (SSSR count). The highest BCUT2D eigenvalue weighted by Gasteiger charge is 2.20. The number of hydrogen-bond donors (Lipinski definition) is 1. The van der Waals surface area contributed by atoms with Crippen LogP contribution in [0.4, 0.5) is 0 Å². The van der Waals surface area contributed by atoms with Crippen LogP contribution < -0.4 is 5.32 Å². The van der Waals surface area contributed by atoms with Crippen molar-refractivity contribution in [3.05, 3.63) is 41.3 Å². The van der Waals surface area contributed by atoms with Crippen molar-refractivity contribution < 1.29 is 0 Å². The molecule has 1 aliphatic carbocycles. The van der Waals surface area contributed by atoms with Crippen LogP contribution in [0.2, 0.25) is 5.02 Å². The Balaban J connectivity index is 2.16. The summed E-state index contributed by atoms with van der Waals surface area (Å²) < 4.78 is 0. The molecule has 0 aliphatic heterocycles. The largest absolute Gasteiger partial charge is 0.313 e. The summed E-state index contributed by atoms with van der Waals surface area (Å²) in [5.41, 5.74) is 2.76. The summed E-state index contributed by atoms with van der Waals surface area (Å²) in [5.74, 6) is 0. The third-order valence-electron chi connectivity index (χ3n) is 2.51. The highest BCUT2D eigenvalue weighted by atomic mass is 35.5. The molecule has 0 saturated heterocycles. The average Bonchev–Trinajstić information content (AvgIpc) is 2.46. The van der Waals surface area contributed by atoms with E-state index in [1.54, 1.807) is 0 Å². The Morgan fingerprint density at radius 1 is 1.38 bits per heavy atom. The molecule has 0 saturated carbocycles. The Bertz CT molecular complexity index is 309. The van der Waals surface area contributed by atoms with Crippen LogP contribution in [-0.4, -0.2) is 12.6 Å². The molecule has 1 N–H and O–H groups in total. The molecule has 1 aliphatic rings. The van der Waals surface area contributed by atoms with E-state index in [9.17, 15) is 0 Å². The van der Waals surface area contributed by atoms with Crippen LogP contribution >= 0.6 is 11.6 Å². The minimum absolute atomic E-state index is 0.499. The van der Waals surface area contributed by atoms with Crippen molar-refractivity contribution >= 4 is 11.6 Å². The fraction of sp³-hybridized carbons (Fsp3) is 0.364. The van der Waals surface area contributed by atoms with Crippen molar-refractivity contribution in [2.45, 2.75) is 18.9 Å². The number of benzene rings is 1. The summed E-state index contributed by atoms with van der Waals surface area (Å²) in [4.78, 5) is 0. The second-order valence-electron chi connectivity index (χ2n) is 3.43. The van der Waals surface area contributed by atoms with Crippen LogP contribution in [-0.2, 0) is 12.8 Å². The van der Waals surface area contributed by atoms with Crippen molar-refractivity contribution in [1.29, 1.82) is 0 Å². The van der Waals surface area contributed by atoms with Gasteiger partial charge in [-0.15, -0.1) is 0 Å². The van der Waals surface area contributed by atoms with Gasteiger partial charge in [-0.2, -0.15) is 0 Å². The van der Waals surface area contributed by atoms with Crippen molar-refractivity contribution in [2.24, 2.45) is 0 Å². The minimum atomic E-state index is 0.499. The predicted octanol–water partition coefficient (Wildman–Crippen LogP) is 2.11. The first-order chi connectivity index (χ1) is 6.29. The fourth-order valence-electron chi connectivity index (χ4n) is 1.90. The van der Waals surface area contributed by atoms with Gasteiger partial charge in [-0.05, 0) is 49.6 Å². The first kappa shape index (κ1) is 9.04. The monoisotopic (exact) mass is 193 g/mol. The standard InChI is InChI=1S/C11H12ClN/c1-2-13-11-6-8-3-4-10(12)5-9(8)7-11/h1,3-5,11,13H,2,6-7H2. The molecule has 0 heterocycles. The molecule has 0 amide bonds. The third kappa shape index (κ3) is 1.87. The van der Waals surface area contributed by atoms with Gasteiger partial charge in [-0.3, -0.25) is 0 Å². The van der Waals surface area contributed by atoms with Gasteiger partial charge in [0, 0.05) is 11.1 Å². The van der Waals surface area contributed by atoms with E-state index in [1.807, 2.05) is 6.07 Å². The van der Waals surface area contributed by atoms with Crippen LogP contribution in [0, 0.1) is 6.92 Å². The number of fused-ring (bicyclic) bond motifs is 1. The van der Waals surface area contributed by atoms with Crippen molar-refractivity contribution in [3.8, 4) is 0 Å². The first-order valence-corrected chi connectivity index (χ1v) is 4.88. The Kier molecular flexibility index (Phi) is 2.56. The lowest BCUT2D eigenvalue weighted by Gasteiger charge is -2.07. The van der Waals surface area contributed by atoms with E-state index in [4.69, 9.17) is 18.5 Å². The lowest BCUT2D eigenvalue weighted by molar-refractivity contribution is 0.566. The summed E-state index contributed by atoms with van der Waals surface area (Å²) in [6.07, 6.45) is 2.12. The topological polar surface area (TPSA) is 12.0 Å². The lowest BCUT2D eigenvalue weighted by atomic mass is 10.1. The number of nitrogens with one attached hydrogen (secondary N) is 1. The van der Waals surface area contributed by atoms with Gasteiger partial charge in [0.2, 0.25) is 0 Å². The Morgan fingerprint density at radius 3 is 2.92 bits per heavy atom. The fourth-order valence-corrected chi connectivity index (χ4v) is 2.09. The zero-order chi connectivity index (χ0) is 9.26. The molecule has 1 aromatic rings. The molecule has 0 aromatic heterocycles. The number of halogens is 1. The van der Waals surface area contributed by atoms with Crippen molar-refractivity contribution in [2.75, 3.05) is 6.54 Å². The molecule has 68 valence electrons. The Labute approximate surface area is 84.1 Å². The quantitative estimate of drug-likeness (QED) is 0.759. The average molecular weight is 194 g/mol. The normalized spacial score (nSPS) is 20.3. The van der Waals surface area contributed by atoms with E-state index in [0.717, 1.165) is 17.9 Å². The molecular formula is C11H12ClN. The van der Waals surface area contributed by atoms with E-state index in [-0.39, 0.29) is 0 Å². The highest BCUT2D eigenvalue weighted by Crippen LogP contribution is 2.25. The molecule has 2 heteroatoms. The van der Waals surface area contributed by atoms with Gasteiger partial charge in [0.15, 0.2) is 0 Å². The van der Waals surface area contributed by atoms with E-state index in [1.165, 1.54) is 11.1 Å². The van der Waals surface area contributed by atoms with Gasteiger partial charge in [0.05, 0.1) is 0 Å². The second kappa shape index (κ2) is 3.69. The number of rotatable bonds is 2. The molecule has 1 unspecified atom stereocenters. The van der Waals surface area contributed by atoms with Crippen molar-refractivity contribution in [1.82, 2.24) is 5.32 Å². The maximum Gasteiger partial charge on any atom is 0.0408 e. The summed E-state index contributed by atoms with van der Waals surface area (Å²) in [6, 6.07) is 6.61. The summed E-state index contributed by atoms with van der Waals surface area (Å²) in [5, 5.41) is 4.07. The molecule has 0 spiro atoms. The van der Waals surface area contributed by atoms with Gasteiger partial charge in [0.25, 0.3) is 0 Å². The van der Waals surface area contributed by atoms with Gasteiger partial charge >= 0.3 is 0 Å². The smallest absolute Gasteiger partial charge is 0.0408 e. The highest BCUT2D eigenvalue weighted by molar-refractivity contribution is 6.30. The number of hydrogen-bond acceptors (Lipinski definition) is 1. The molecule has 1 aromatic carbocycles. The van der Waals surface area contributed by atoms with E-state index >= 15 is 0 Å². The zero-order valence-corrected chi connectivity index (χ0v) is 8.14. The second-order valence-corrected chi connectivity index (χ2v) is 3.86. The van der Waals surface area contributed by atoms with Crippen LogP contribution in [0.25, 0.3) is 0 Å². The molecule has 1 atom stereocenters. The Hall–Kier alpha value is -0.530. The maximum atomic E-state index is 5.90. The van der Waals surface area contributed by atoms with Gasteiger partial charge in [0.1, 0.15) is 0 Å². The molecular weight excluding hydrogens is 182 g/mol. The molecule has 0 bridgehead atoms. The van der Waals surface area contributed by atoms with E-state index < -0.39 is 0 Å². The summed E-state index contributed by atoms with van der Waals surface area (Å²) >= 11 is 5.90. The zero-order valence-electron chi connectivity index (χ0n) is 7.39. The van der Waals surface area contributed by atoms with E-state index in [0.29, 0.717) is 12.6 Å².